The van der Waals surface area contributed by atoms with Gasteiger partial charge in [-0.2, -0.15) is 0 Å². The lowest BCUT2D eigenvalue weighted by Gasteiger charge is -2.06. The molecule has 0 spiro atoms. The molecule has 1 aromatic carbocycles. The van der Waals surface area contributed by atoms with E-state index in [0.29, 0.717) is 11.1 Å². The van der Waals surface area contributed by atoms with E-state index in [1.807, 2.05) is 12.1 Å². The van der Waals surface area contributed by atoms with E-state index in [2.05, 4.69) is 35.9 Å². The Morgan fingerprint density at radius 2 is 1.65 bits per heavy atom. The van der Waals surface area contributed by atoms with Crippen molar-refractivity contribution < 1.29 is 0 Å². The van der Waals surface area contributed by atoms with Gasteiger partial charge in [0.2, 0.25) is 5.28 Å². The predicted molar refractivity (Wildman–Crippen MR) is 71.6 cm³/mol. The van der Waals surface area contributed by atoms with Gasteiger partial charge in [0.25, 0.3) is 0 Å². The lowest BCUT2D eigenvalue weighted by molar-refractivity contribution is 0.867. The number of benzene rings is 1. The zero-order valence-electron chi connectivity index (χ0n) is 9.61. The molecule has 0 aliphatic heterocycles. The van der Waals surface area contributed by atoms with Crippen LogP contribution >= 0.6 is 23.2 Å². The second kappa shape index (κ2) is 5.03. The van der Waals surface area contributed by atoms with E-state index in [1.54, 1.807) is 6.07 Å². The monoisotopic (exact) mass is 266 g/mol. The van der Waals surface area contributed by atoms with Crippen LogP contribution in [-0.2, 0) is 0 Å². The highest BCUT2D eigenvalue weighted by Crippen LogP contribution is 2.23. The summed E-state index contributed by atoms with van der Waals surface area (Å²) in [6.45, 7) is 4.32. The maximum Gasteiger partial charge on any atom is 0.224 e. The number of hydrogen-bond donors (Lipinski definition) is 0. The fourth-order valence-corrected chi connectivity index (χ4v) is 1.99. The normalized spacial score (nSPS) is 10.9. The smallest absolute Gasteiger partial charge is 0.218 e. The van der Waals surface area contributed by atoms with Crippen molar-refractivity contribution in [2.45, 2.75) is 19.8 Å². The molecule has 2 aromatic rings. The molecule has 0 amide bonds. The molecule has 0 fully saturated rings. The van der Waals surface area contributed by atoms with E-state index in [1.165, 1.54) is 5.56 Å². The Labute approximate surface area is 111 Å². The summed E-state index contributed by atoms with van der Waals surface area (Å²) in [5.74, 6) is 0.515. The Balaban J connectivity index is 2.39. The number of nitrogens with zero attached hydrogens (tertiary/aromatic N) is 2. The molecular weight excluding hydrogens is 255 g/mol. The highest BCUT2D eigenvalue weighted by atomic mass is 35.5. The van der Waals surface area contributed by atoms with Crippen molar-refractivity contribution in [1.29, 1.82) is 0 Å². The zero-order valence-corrected chi connectivity index (χ0v) is 11.1. The van der Waals surface area contributed by atoms with Crippen LogP contribution in [0.25, 0.3) is 11.3 Å². The van der Waals surface area contributed by atoms with Gasteiger partial charge in [-0.25, -0.2) is 9.97 Å². The second-order valence-electron chi connectivity index (χ2n) is 4.12. The lowest BCUT2D eigenvalue weighted by Crippen LogP contribution is -1.90. The fraction of sp³-hybridized carbons (Fsp3) is 0.231. The Morgan fingerprint density at radius 1 is 1.00 bits per heavy atom. The summed E-state index contributed by atoms with van der Waals surface area (Å²) in [6.07, 6.45) is 0. The Morgan fingerprint density at radius 3 is 2.18 bits per heavy atom. The van der Waals surface area contributed by atoms with E-state index in [4.69, 9.17) is 23.2 Å². The first-order valence-corrected chi connectivity index (χ1v) is 6.12. The lowest BCUT2D eigenvalue weighted by atomic mass is 10.0. The third kappa shape index (κ3) is 2.96. The van der Waals surface area contributed by atoms with E-state index in [-0.39, 0.29) is 5.28 Å². The summed E-state index contributed by atoms with van der Waals surface area (Å²) < 4.78 is 0. The topological polar surface area (TPSA) is 25.8 Å². The van der Waals surface area contributed by atoms with Crippen LogP contribution in [0.5, 0.6) is 0 Å². The minimum atomic E-state index is 0.167. The molecule has 0 aliphatic carbocycles. The first-order valence-electron chi connectivity index (χ1n) is 5.36. The van der Waals surface area contributed by atoms with Crippen molar-refractivity contribution in [2.75, 3.05) is 0 Å². The van der Waals surface area contributed by atoms with Gasteiger partial charge in [0, 0.05) is 11.6 Å². The molecule has 0 saturated heterocycles. The third-order valence-corrected chi connectivity index (χ3v) is 2.90. The molecule has 0 bridgehead atoms. The Hall–Kier alpha value is -1.12. The second-order valence-corrected chi connectivity index (χ2v) is 4.85. The van der Waals surface area contributed by atoms with Crippen LogP contribution in [0.15, 0.2) is 30.3 Å². The summed E-state index contributed by atoms with van der Waals surface area (Å²) in [5.41, 5.74) is 3.02. The molecule has 0 aliphatic rings. The number of rotatable bonds is 2. The van der Waals surface area contributed by atoms with E-state index >= 15 is 0 Å². The summed E-state index contributed by atoms with van der Waals surface area (Å²) in [7, 11) is 0. The van der Waals surface area contributed by atoms with Crippen LogP contribution in [0.3, 0.4) is 0 Å². The molecule has 2 rings (SSSR count). The Bertz CT molecular complexity index is 501. The van der Waals surface area contributed by atoms with Crippen molar-refractivity contribution >= 4 is 23.2 Å². The average molecular weight is 267 g/mol. The van der Waals surface area contributed by atoms with E-state index < -0.39 is 0 Å². The van der Waals surface area contributed by atoms with Crippen LogP contribution in [0, 0.1) is 0 Å². The molecule has 0 saturated carbocycles. The third-order valence-electron chi connectivity index (χ3n) is 2.54. The molecule has 0 N–H and O–H groups in total. The van der Waals surface area contributed by atoms with Crippen LogP contribution in [0.1, 0.15) is 25.3 Å². The van der Waals surface area contributed by atoms with Gasteiger partial charge >= 0.3 is 0 Å². The van der Waals surface area contributed by atoms with Crippen molar-refractivity contribution in [2.24, 2.45) is 0 Å². The average Bonchev–Trinajstić information content (AvgIpc) is 2.28. The first-order chi connectivity index (χ1) is 8.06. The maximum atomic E-state index is 5.85. The van der Waals surface area contributed by atoms with Crippen LogP contribution < -0.4 is 0 Å². The van der Waals surface area contributed by atoms with Crippen LogP contribution in [0.4, 0.5) is 0 Å². The standard InChI is InChI=1S/C13H12Cl2N2/c1-8(2)9-3-5-10(6-4-9)11-7-12(14)17-13(15)16-11/h3-8H,1-2H3. The van der Waals surface area contributed by atoms with Gasteiger partial charge in [-0.3, -0.25) is 0 Å². The molecule has 0 atom stereocenters. The molecule has 1 aromatic heterocycles. The molecule has 0 unspecified atom stereocenters. The highest BCUT2D eigenvalue weighted by Gasteiger charge is 2.05. The van der Waals surface area contributed by atoms with Crippen molar-refractivity contribution in [1.82, 2.24) is 9.97 Å². The van der Waals surface area contributed by atoms with Crippen molar-refractivity contribution in [3.8, 4) is 11.3 Å². The highest BCUT2D eigenvalue weighted by molar-refractivity contribution is 6.32. The fourth-order valence-electron chi connectivity index (χ4n) is 1.58. The minimum Gasteiger partial charge on any atom is -0.218 e. The van der Waals surface area contributed by atoms with Gasteiger partial charge in [-0.15, -0.1) is 0 Å². The first kappa shape index (κ1) is 12.3. The van der Waals surface area contributed by atoms with Crippen molar-refractivity contribution in [3.05, 3.63) is 46.3 Å². The van der Waals surface area contributed by atoms with Gasteiger partial charge in [0.1, 0.15) is 5.15 Å². The summed E-state index contributed by atoms with van der Waals surface area (Å²) in [6, 6.07) is 9.92. The van der Waals surface area contributed by atoms with Crippen LogP contribution in [0.2, 0.25) is 10.4 Å². The summed E-state index contributed by atoms with van der Waals surface area (Å²) >= 11 is 11.6. The van der Waals surface area contributed by atoms with Gasteiger partial charge < -0.3 is 0 Å². The molecule has 1 heterocycles. The summed E-state index contributed by atoms with van der Waals surface area (Å²) in [4.78, 5) is 7.97. The van der Waals surface area contributed by atoms with Crippen LogP contribution in [-0.4, -0.2) is 9.97 Å². The maximum absolute atomic E-state index is 5.85. The van der Waals surface area contributed by atoms with Gasteiger partial charge in [0.05, 0.1) is 5.69 Å². The largest absolute Gasteiger partial charge is 0.224 e. The predicted octanol–water partition coefficient (Wildman–Crippen LogP) is 4.57. The van der Waals surface area contributed by atoms with Gasteiger partial charge in [-0.1, -0.05) is 49.7 Å². The molecular formula is C13H12Cl2N2. The SMILES string of the molecule is CC(C)c1ccc(-c2cc(Cl)nc(Cl)n2)cc1. The molecule has 4 heteroatoms. The minimum absolute atomic E-state index is 0.167. The van der Waals surface area contributed by atoms with Gasteiger partial charge in [-0.05, 0) is 23.1 Å². The molecule has 0 radical (unpaired) electrons. The zero-order chi connectivity index (χ0) is 12.4. The molecule has 88 valence electrons. The van der Waals surface area contributed by atoms with Crippen molar-refractivity contribution in [3.63, 3.8) is 0 Å². The summed E-state index contributed by atoms with van der Waals surface area (Å²) in [5, 5.41) is 0.522. The molecule has 17 heavy (non-hydrogen) atoms. The molecule has 2 nitrogen and oxygen atoms in total. The number of aromatic nitrogens is 2. The van der Waals surface area contributed by atoms with E-state index in [9.17, 15) is 0 Å². The van der Waals surface area contributed by atoms with E-state index in [0.717, 1.165) is 11.3 Å². The quantitative estimate of drug-likeness (QED) is 0.588. The number of halogens is 2. The Kier molecular flexibility index (Phi) is 3.65. The number of hydrogen-bond acceptors (Lipinski definition) is 2. The van der Waals surface area contributed by atoms with Gasteiger partial charge in [0.15, 0.2) is 0 Å².